The lowest BCUT2D eigenvalue weighted by molar-refractivity contribution is -0.545. The van der Waals surface area contributed by atoms with Gasteiger partial charge in [0.05, 0.1) is 22.4 Å². The Kier molecular flexibility index (Phi) is 13.9. The highest BCUT2D eigenvalue weighted by atomic mass is 17.3. The second kappa shape index (κ2) is 14.2. The Morgan fingerprint density at radius 2 is 0.684 bits per heavy atom. The molecule has 1 aliphatic rings. The molecule has 1 saturated carbocycles. The highest BCUT2D eigenvalue weighted by Crippen LogP contribution is 2.35. The minimum atomic E-state index is -0.751. The third-order valence-electron chi connectivity index (χ3n) is 4.17. The van der Waals surface area contributed by atoms with Crippen LogP contribution in [0.25, 0.3) is 0 Å². The molecule has 0 atom stereocenters. The quantitative estimate of drug-likeness (QED) is 0.131. The minimum absolute atomic E-state index is 0.352. The lowest BCUT2D eigenvalue weighted by Crippen LogP contribution is -2.42. The summed E-state index contributed by atoms with van der Waals surface area (Å²) in [6.07, 6.45) is 4.96. The molecule has 226 valence electrons. The van der Waals surface area contributed by atoms with Crippen LogP contribution in [0.5, 0.6) is 0 Å². The topological polar surface area (TPSA) is 73.8 Å². The maximum absolute atomic E-state index is 5.58. The van der Waals surface area contributed by atoms with Gasteiger partial charge in [-0.25, -0.2) is 29.3 Å². The number of hydrogen-bond acceptors (Lipinski definition) is 8. The zero-order valence-electron chi connectivity index (χ0n) is 27.3. The molecule has 1 fully saturated rings. The van der Waals surface area contributed by atoms with E-state index in [1.54, 1.807) is 0 Å². The summed E-state index contributed by atoms with van der Waals surface area (Å²) >= 11 is 0. The van der Waals surface area contributed by atoms with Crippen LogP contribution in [0.2, 0.25) is 0 Å². The summed E-state index contributed by atoms with van der Waals surface area (Å²) in [7, 11) is 0. The fourth-order valence-electron chi connectivity index (χ4n) is 2.47. The van der Waals surface area contributed by atoms with Crippen molar-refractivity contribution in [2.24, 2.45) is 0 Å². The summed E-state index contributed by atoms with van der Waals surface area (Å²) in [5, 5.41) is 0. The van der Waals surface area contributed by atoms with E-state index in [0.29, 0.717) is 0 Å². The fourth-order valence-corrected chi connectivity index (χ4v) is 2.47. The molecule has 0 amide bonds. The lowest BCUT2D eigenvalue weighted by Gasteiger charge is -2.37. The summed E-state index contributed by atoms with van der Waals surface area (Å²) in [5.41, 5.74) is -2.91. The predicted octanol–water partition coefficient (Wildman–Crippen LogP) is 8.18. The zero-order chi connectivity index (χ0) is 30.1. The van der Waals surface area contributed by atoms with Gasteiger partial charge in [0.25, 0.3) is 0 Å². The van der Waals surface area contributed by atoms with Crippen molar-refractivity contribution in [1.29, 1.82) is 0 Å². The molecule has 0 saturated heterocycles. The molecule has 0 aliphatic heterocycles. The Morgan fingerprint density at radius 3 is 0.947 bits per heavy atom. The van der Waals surface area contributed by atoms with Crippen molar-refractivity contribution in [3.8, 4) is 11.8 Å². The Balaban J connectivity index is 0.000000724. The van der Waals surface area contributed by atoms with E-state index in [4.69, 9.17) is 39.1 Å². The van der Waals surface area contributed by atoms with Gasteiger partial charge in [0.2, 0.25) is 5.79 Å². The SMILES string of the molecule is CC(C)(C)OOC(C)(C)C#CC(C)(C)OOC(C)(C)C.CC(C)(C)OOC1(OOC(C)(C)C)CCCCC1. The maximum atomic E-state index is 5.58. The molecule has 0 spiro atoms. The van der Waals surface area contributed by atoms with Crippen LogP contribution in [0.15, 0.2) is 0 Å². The van der Waals surface area contributed by atoms with Gasteiger partial charge < -0.3 is 0 Å². The second-order valence-electron chi connectivity index (χ2n) is 14.9. The van der Waals surface area contributed by atoms with E-state index >= 15 is 0 Å². The largest absolute Gasteiger partial charge is 0.234 e. The van der Waals surface area contributed by atoms with Gasteiger partial charge in [0.15, 0.2) is 11.2 Å². The van der Waals surface area contributed by atoms with Gasteiger partial charge in [-0.3, -0.25) is 0 Å². The molecular formula is C30H58O8. The molecule has 8 nitrogen and oxygen atoms in total. The standard InChI is InChI=1S/C16H30O4.C14H28O4/c1-13(2,3)17-19-15(7,8)11-12-16(9,10)20-18-14(4,5)6;1-12(2,3)15-17-14(10-8-7-9-11-14)18-16-13(4,5)6/h1-10H3;7-11H2,1-6H3. The first-order valence-electron chi connectivity index (χ1n) is 13.8. The first-order chi connectivity index (χ1) is 16.7. The van der Waals surface area contributed by atoms with Crippen LogP contribution < -0.4 is 0 Å². The third-order valence-corrected chi connectivity index (χ3v) is 4.17. The lowest BCUT2D eigenvalue weighted by atomic mass is 9.94. The summed E-state index contributed by atoms with van der Waals surface area (Å²) in [4.78, 5) is 43.4. The predicted molar refractivity (Wildman–Crippen MR) is 149 cm³/mol. The van der Waals surface area contributed by atoms with E-state index in [1.807, 2.05) is 111 Å². The smallest absolute Gasteiger partial charge is 0.229 e. The van der Waals surface area contributed by atoms with Crippen LogP contribution in [0.3, 0.4) is 0 Å². The van der Waals surface area contributed by atoms with Gasteiger partial charge >= 0.3 is 0 Å². The second-order valence-corrected chi connectivity index (χ2v) is 14.9. The molecule has 0 radical (unpaired) electrons. The van der Waals surface area contributed by atoms with Gasteiger partial charge in [0, 0.05) is 12.8 Å². The summed E-state index contributed by atoms with van der Waals surface area (Å²) in [5.74, 6) is 5.26. The van der Waals surface area contributed by atoms with Crippen molar-refractivity contribution in [3.63, 3.8) is 0 Å². The molecule has 0 aromatic heterocycles. The third kappa shape index (κ3) is 21.1. The van der Waals surface area contributed by atoms with E-state index in [1.165, 1.54) is 6.42 Å². The van der Waals surface area contributed by atoms with Gasteiger partial charge in [-0.1, -0.05) is 18.3 Å². The normalized spacial score (nSPS) is 17.3. The average Bonchev–Trinajstić information content (AvgIpc) is 2.72. The van der Waals surface area contributed by atoms with E-state index in [9.17, 15) is 0 Å². The monoisotopic (exact) mass is 546 g/mol. The van der Waals surface area contributed by atoms with E-state index in [-0.39, 0.29) is 22.4 Å². The molecule has 0 aromatic rings. The zero-order valence-corrected chi connectivity index (χ0v) is 27.3. The summed E-state index contributed by atoms with van der Waals surface area (Å²) in [6.45, 7) is 30.6. The number of rotatable bonds is 8. The molecule has 0 unspecified atom stereocenters. The van der Waals surface area contributed by atoms with Crippen molar-refractivity contribution >= 4 is 0 Å². The molecule has 1 aliphatic carbocycles. The van der Waals surface area contributed by atoms with Crippen LogP contribution in [-0.2, 0) is 39.1 Å². The molecule has 0 heterocycles. The first kappa shape index (κ1) is 37.2. The van der Waals surface area contributed by atoms with Crippen molar-refractivity contribution in [2.45, 2.75) is 182 Å². The van der Waals surface area contributed by atoms with Crippen LogP contribution in [-0.4, -0.2) is 39.4 Å². The van der Waals surface area contributed by atoms with Crippen molar-refractivity contribution in [3.05, 3.63) is 0 Å². The van der Waals surface area contributed by atoms with Crippen LogP contribution >= 0.6 is 0 Å². The minimum Gasteiger partial charge on any atom is -0.229 e. The molecular weight excluding hydrogens is 488 g/mol. The summed E-state index contributed by atoms with van der Waals surface area (Å²) < 4.78 is 0. The Morgan fingerprint density at radius 1 is 0.395 bits per heavy atom. The van der Waals surface area contributed by atoms with Crippen molar-refractivity contribution < 1.29 is 39.1 Å². The van der Waals surface area contributed by atoms with E-state index in [0.717, 1.165) is 25.7 Å². The van der Waals surface area contributed by atoms with E-state index < -0.39 is 17.0 Å². The van der Waals surface area contributed by atoms with Crippen LogP contribution in [0.1, 0.15) is 143 Å². The van der Waals surface area contributed by atoms with Crippen LogP contribution in [0.4, 0.5) is 0 Å². The molecule has 38 heavy (non-hydrogen) atoms. The molecule has 0 aromatic carbocycles. The fraction of sp³-hybridized carbons (Fsp3) is 0.933. The van der Waals surface area contributed by atoms with Crippen molar-refractivity contribution in [1.82, 2.24) is 0 Å². The highest BCUT2D eigenvalue weighted by Gasteiger charge is 2.39. The van der Waals surface area contributed by atoms with Crippen LogP contribution in [0, 0.1) is 11.8 Å². The van der Waals surface area contributed by atoms with Gasteiger partial charge in [-0.2, -0.15) is 9.78 Å². The Bertz CT molecular complexity index is 674. The molecule has 0 bridgehead atoms. The number of hydrogen-bond donors (Lipinski definition) is 0. The Labute approximate surface area is 233 Å². The average molecular weight is 547 g/mol. The molecule has 1 rings (SSSR count). The van der Waals surface area contributed by atoms with Crippen molar-refractivity contribution in [2.75, 3.05) is 0 Å². The first-order valence-corrected chi connectivity index (χ1v) is 13.8. The molecule has 8 heteroatoms. The highest BCUT2D eigenvalue weighted by molar-refractivity contribution is 5.17. The maximum Gasteiger partial charge on any atom is 0.234 e. The van der Waals surface area contributed by atoms with Gasteiger partial charge in [-0.05, 0) is 124 Å². The van der Waals surface area contributed by atoms with Gasteiger partial charge in [0.1, 0.15) is 0 Å². The Hall–Kier alpha value is -0.760. The molecule has 0 N–H and O–H groups in total. The summed E-state index contributed by atoms with van der Waals surface area (Å²) in [6, 6.07) is 0. The van der Waals surface area contributed by atoms with Gasteiger partial charge in [-0.15, -0.1) is 0 Å². The van der Waals surface area contributed by atoms with E-state index in [2.05, 4.69) is 11.8 Å².